The van der Waals surface area contributed by atoms with Crippen LogP contribution >= 0.6 is 0 Å². The molecule has 0 radical (unpaired) electrons. The number of hydrogen-bond acceptors (Lipinski definition) is 5. The average molecular weight is 510 g/mol. The minimum Gasteiger partial charge on any atom is -0.454 e. The molecule has 2 aliphatic rings. The lowest BCUT2D eigenvalue weighted by Crippen LogP contribution is -2.41. The number of pyridine rings is 1. The third kappa shape index (κ3) is 4.84. The molecule has 0 atom stereocenters. The van der Waals surface area contributed by atoms with Crippen LogP contribution in [-0.2, 0) is 9.59 Å². The summed E-state index contributed by atoms with van der Waals surface area (Å²) in [7, 11) is 0. The number of amides is 3. The van der Waals surface area contributed by atoms with Crippen LogP contribution in [0.15, 0.2) is 54.7 Å². The van der Waals surface area contributed by atoms with Crippen molar-refractivity contribution in [2.24, 2.45) is 11.1 Å². The highest BCUT2D eigenvalue weighted by molar-refractivity contribution is 6.16. The summed E-state index contributed by atoms with van der Waals surface area (Å²) in [6.07, 6.45) is 3.38. The molecule has 0 saturated heterocycles. The van der Waals surface area contributed by atoms with E-state index in [1.165, 1.54) is 30.5 Å². The molecule has 3 aromatic rings. The van der Waals surface area contributed by atoms with E-state index >= 15 is 8.78 Å². The lowest BCUT2D eigenvalue weighted by Gasteiger charge is -2.27. The average Bonchev–Trinajstić information content (AvgIpc) is 3.79. The van der Waals surface area contributed by atoms with Crippen molar-refractivity contribution in [3.8, 4) is 11.5 Å². The zero-order chi connectivity index (χ0) is 26.3. The molecule has 3 amide bonds. The lowest BCUT2D eigenvalue weighted by atomic mass is 10.0. The molecule has 37 heavy (non-hydrogen) atoms. The summed E-state index contributed by atoms with van der Waals surface area (Å²) in [5.41, 5.74) is 3.44. The van der Waals surface area contributed by atoms with Crippen molar-refractivity contribution in [3.63, 3.8) is 0 Å². The van der Waals surface area contributed by atoms with E-state index in [1.807, 2.05) is 0 Å². The highest BCUT2D eigenvalue weighted by atomic mass is 19.1. The number of benzene rings is 2. The largest absolute Gasteiger partial charge is 0.454 e. The molecule has 0 unspecified atom stereocenters. The predicted molar refractivity (Wildman–Crippen MR) is 126 cm³/mol. The molecule has 2 saturated carbocycles. The fourth-order valence-electron chi connectivity index (χ4n) is 3.84. The number of anilines is 2. The van der Waals surface area contributed by atoms with E-state index in [4.69, 9.17) is 10.5 Å². The van der Waals surface area contributed by atoms with Crippen LogP contribution < -0.4 is 20.7 Å². The van der Waals surface area contributed by atoms with Crippen molar-refractivity contribution in [3.05, 3.63) is 77.9 Å². The summed E-state index contributed by atoms with van der Waals surface area (Å²) in [4.78, 5) is 42.4. The minimum atomic E-state index is -1.55. The minimum absolute atomic E-state index is 0.0198. The molecular formula is C26H21F3N4O4. The van der Waals surface area contributed by atoms with E-state index in [-0.39, 0.29) is 36.0 Å². The maximum Gasteiger partial charge on any atom is 0.270 e. The number of ether oxygens (including phenoxy) is 1. The third-order valence-electron chi connectivity index (χ3n) is 6.27. The standard InChI is InChI=1S/C26H21F3N4O4/c27-14-1-5-16(6-2-14)33(25(36)26(8-9-26)24(30)35)21-12-19(29)22(13-18(21)28)37-17-7-10-31-20(11-17)23(34)32-15-3-4-15/h1-2,5-7,10-13,15H,3-4,8-9H2,(H2,30,35)(H,32,34). The van der Waals surface area contributed by atoms with Crippen LogP contribution in [0.4, 0.5) is 24.5 Å². The number of primary amides is 1. The van der Waals surface area contributed by atoms with E-state index in [9.17, 15) is 18.8 Å². The van der Waals surface area contributed by atoms with Crippen molar-refractivity contribution in [2.45, 2.75) is 31.7 Å². The van der Waals surface area contributed by atoms with Gasteiger partial charge in [-0.3, -0.25) is 24.3 Å². The highest BCUT2D eigenvalue weighted by Gasteiger charge is 2.57. The van der Waals surface area contributed by atoms with Gasteiger partial charge in [0.25, 0.3) is 5.91 Å². The summed E-state index contributed by atoms with van der Waals surface area (Å²) < 4.78 is 49.5. The smallest absolute Gasteiger partial charge is 0.270 e. The van der Waals surface area contributed by atoms with Crippen LogP contribution in [0.25, 0.3) is 0 Å². The van der Waals surface area contributed by atoms with Gasteiger partial charge in [-0.15, -0.1) is 0 Å². The fraction of sp³-hybridized carbons (Fsp3) is 0.231. The van der Waals surface area contributed by atoms with Gasteiger partial charge >= 0.3 is 0 Å². The van der Waals surface area contributed by atoms with Gasteiger partial charge in [0.05, 0.1) is 5.69 Å². The summed E-state index contributed by atoms with van der Waals surface area (Å²) >= 11 is 0. The van der Waals surface area contributed by atoms with Crippen molar-refractivity contribution in [2.75, 3.05) is 4.90 Å². The first-order chi connectivity index (χ1) is 17.7. The first-order valence-corrected chi connectivity index (χ1v) is 11.5. The predicted octanol–water partition coefficient (Wildman–Crippen LogP) is 4.11. The number of hydrogen-bond donors (Lipinski definition) is 2. The molecule has 1 aromatic heterocycles. The Morgan fingerprint density at radius 3 is 2.32 bits per heavy atom. The second-order valence-corrected chi connectivity index (χ2v) is 9.02. The summed E-state index contributed by atoms with van der Waals surface area (Å²) in [5, 5.41) is 2.77. The van der Waals surface area contributed by atoms with E-state index in [0.29, 0.717) is 0 Å². The second kappa shape index (κ2) is 9.23. The first kappa shape index (κ1) is 24.3. The number of nitrogens with two attached hydrogens (primary N) is 1. The molecule has 8 nitrogen and oxygen atoms in total. The van der Waals surface area contributed by atoms with Crippen molar-refractivity contribution < 1.29 is 32.3 Å². The van der Waals surface area contributed by atoms with Crippen LogP contribution in [0.5, 0.6) is 11.5 Å². The number of halogens is 3. The molecule has 190 valence electrons. The first-order valence-electron chi connectivity index (χ1n) is 11.5. The molecule has 0 aliphatic heterocycles. The van der Waals surface area contributed by atoms with Gasteiger partial charge < -0.3 is 15.8 Å². The number of nitrogens with zero attached hydrogens (tertiary/aromatic N) is 2. The van der Waals surface area contributed by atoms with Gasteiger partial charge in [0.15, 0.2) is 17.4 Å². The molecule has 1 heterocycles. The number of rotatable bonds is 8. The zero-order valence-electron chi connectivity index (χ0n) is 19.3. The molecule has 2 aromatic carbocycles. The highest BCUT2D eigenvalue weighted by Crippen LogP contribution is 2.49. The Labute approximate surface area is 209 Å². The third-order valence-corrected chi connectivity index (χ3v) is 6.27. The number of carbonyl (C=O) groups is 3. The summed E-state index contributed by atoms with van der Waals surface area (Å²) in [6, 6.07) is 8.76. The number of nitrogens with one attached hydrogen (secondary N) is 1. The number of carbonyl (C=O) groups excluding carboxylic acids is 3. The Bertz CT molecular complexity index is 1410. The van der Waals surface area contributed by atoms with Gasteiger partial charge in [-0.1, -0.05) is 0 Å². The van der Waals surface area contributed by atoms with Gasteiger partial charge in [0.2, 0.25) is 11.8 Å². The zero-order valence-corrected chi connectivity index (χ0v) is 19.3. The Morgan fingerprint density at radius 1 is 1.00 bits per heavy atom. The van der Waals surface area contributed by atoms with Crippen LogP contribution in [0.2, 0.25) is 0 Å². The second-order valence-electron chi connectivity index (χ2n) is 9.02. The Kier molecular flexibility index (Phi) is 6.06. The Hall–Kier alpha value is -4.41. The van der Waals surface area contributed by atoms with E-state index < -0.39 is 52.0 Å². The van der Waals surface area contributed by atoms with Crippen LogP contribution in [-0.4, -0.2) is 28.7 Å². The van der Waals surface area contributed by atoms with Crippen molar-refractivity contribution in [1.29, 1.82) is 0 Å². The van der Waals surface area contributed by atoms with Crippen LogP contribution in [0.3, 0.4) is 0 Å². The van der Waals surface area contributed by atoms with Crippen LogP contribution in [0, 0.1) is 22.9 Å². The lowest BCUT2D eigenvalue weighted by molar-refractivity contribution is -0.133. The van der Waals surface area contributed by atoms with E-state index in [0.717, 1.165) is 42.0 Å². The summed E-state index contributed by atoms with van der Waals surface area (Å²) in [5.74, 6) is -5.29. The van der Waals surface area contributed by atoms with E-state index in [2.05, 4.69) is 10.3 Å². The normalized spacial score (nSPS) is 15.5. The monoisotopic (exact) mass is 510 g/mol. The molecule has 0 spiro atoms. The maximum absolute atomic E-state index is 15.4. The van der Waals surface area contributed by atoms with Gasteiger partial charge in [0.1, 0.15) is 22.7 Å². The molecule has 2 fully saturated rings. The molecule has 3 N–H and O–H groups in total. The number of aromatic nitrogens is 1. The molecular weight excluding hydrogens is 489 g/mol. The Balaban J connectivity index is 1.47. The topological polar surface area (TPSA) is 115 Å². The van der Waals surface area contributed by atoms with Gasteiger partial charge in [0, 0.05) is 36.1 Å². The van der Waals surface area contributed by atoms with Gasteiger partial charge in [-0.25, -0.2) is 13.2 Å². The van der Waals surface area contributed by atoms with E-state index in [1.54, 1.807) is 0 Å². The Morgan fingerprint density at radius 2 is 1.70 bits per heavy atom. The molecule has 11 heteroatoms. The molecule has 0 bridgehead atoms. The summed E-state index contributed by atoms with van der Waals surface area (Å²) in [6.45, 7) is 0. The van der Waals surface area contributed by atoms with Gasteiger partial charge in [-0.2, -0.15) is 0 Å². The van der Waals surface area contributed by atoms with Crippen LogP contribution in [0.1, 0.15) is 36.2 Å². The molecule has 2 aliphatic carbocycles. The fourth-order valence-corrected chi connectivity index (χ4v) is 3.84. The SMILES string of the molecule is NC(=O)C1(C(=O)N(c2ccc(F)cc2)c2cc(F)c(Oc3ccnc(C(=O)NC4CC4)c3)cc2F)CC1. The quantitative estimate of drug-likeness (QED) is 0.443. The maximum atomic E-state index is 15.4. The molecule has 5 rings (SSSR count). The van der Waals surface area contributed by atoms with Gasteiger partial charge in [-0.05, 0) is 56.0 Å². The van der Waals surface area contributed by atoms with Crippen molar-refractivity contribution >= 4 is 29.1 Å². The van der Waals surface area contributed by atoms with Crippen molar-refractivity contribution in [1.82, 2.24) is 10.3 Å².